The van der Waals surface area contributed by atoms with Crippen molar-refractivity contribution in [1.82, 2.24) is 10.3 Å². The number of anilines is 1. The van der Waals surface area contributed by atoms with Crippen LogP contribution >= 0.6 is 0 Å². The Morgan fingerprint density at radius 2 is 1.86 bits per heavy atom. The summed E-state index contributed by atoms with van der Waals surface area (Å²) < 4.78 is 37.7. The highest BCUT2D eigenvalue weighted by molar-refractivity contribution is 5.89. The Balaban J connectivity index is 1.70. The fourth-order valence-corrected chi connectivity index (χ4v) is 3.56. The number of hydrogen-bond acceptors (Lipinski definition) is 7. The Labute approximate surface area is 203 Å². The molecule has 9 heteroatoms. The predicted octanol–water partition coefficient (Wildman–Crippen LogP) is 3.72. The normalized spacial score (nSPS) is 12.6. The first-order valence-corrected chi connectivity index (χ1v) is 11.2. The lowest BCUT2D eigenvalue weighted by atomic mass is 10.0. The van der Waals surface area contributed by atoms with Crippen LogP contribution in [0.3, 0.4) is 0 Å². The molecule has 0 saturated carbocycles. The first kappa shape index (κ1) is 26.1. The van der Waals surface area contributed by atoms with Gasteiger partial charge in [-0.15, -0.1) is 0 Å². The number of esters is 1. The molecule has 1 aromatic heterocycles. The van der Waals surface area contributed by atoms with Crippen molar-refractivity contribution >= 4 is 11.8 Å². The van der Waals surface area contributed by atoms with Gasteiger partial charge in [-0.3, -0.25) is 0 Å². The van der Waals surface area contributed by atoms with Gasteiger partial charge in [-0.1, -0.05) is 12.1 Å². The quantitative estimate of drug-likeness (QED) is 0.337. The maximum atomic E-state index is 13.7. The number of carbonyl (C=O) groups excluding carboxylic acids is 1. The van der Waals surface area contributed by atoms with Gasteiger partial charge in [0.15, 0.2) is 0 Å². The molecule has 3 N–H and O–H groups in total. The maximum absolute atomic E-state index is 13.7. The number of rotatable bonds is 12. The molecule has 0 saturated heterocycles. The van der Waals surface area contributed by atoms with Crippen molar-refractivity contribution in [3.63, 3.8) is 0 Å². The van der Waals surface area contributed by atoms with Crippen LogP contribution < -0.4 is 15.4 Å². The number of methoxy groups -OCH3 is 1. The highest BCUT2D eigenvalue weighted by Gasteiger charge is 2.21. The van der Waals surface area contributed by atoms with Crippen LogP contribution in [0.15, 0.2) is 60.8 Å². The summed E-state index contributed by atoms with van der Waals surface area (Å²) in [6, 6.07) is 13.3. The molecule has 2 aromatic carbocycles. The molecule has 0 spiro atoms. The van der Waals surface area contributed by atoms with Crippen LogP contribution in [0.5, 0.6) is 5.75 Å². The molecule has 0 fully saturated rings. The molecule has 0 aliphatic heterocycles. The van der Waals surface area contributed by atoms with Gasteiger partial charge >= 0.3 is 5.97 Å². The lowest BCUT2D eigenvalue weighted by molar-refractivity contribution is 0.0526. The summed E-state index contributed by atoms with van der Waals surface area (Å²) in [6.45, 7) is 2.65. The van der Waals surface area contributed by atoms with Crippen LogP contribution in [0.1, 0.15) is 28.4 Å². The third-order valence-electron chi connectivity index (χ3n) is 5.27. The molecule has 2 atom stereocenters. The van der Waals surface area contributed by atoms with E-state index in [4.69, 9.17) is 9.47 Å². The van der Waals surface area contributed by atoms with E-state index in [0.717, 1.165) is 17.4 Å². The molecule has 0 radical (unpaired) electrons. The lowest BCUT2D eigenvalue weighted by Gasteiger charge is -2.25. The number of pyridine rings is 1. The van der Waals surface area contributed by atoms with Crippen LogP contribution in [0, 0.1) is 11.6 Å². The number of aromatic nitrogens is 1. The van der Waals surface area contributed by atoms with Crippen molar-refractivity contribution < 1.29 is 28.2 Å². The number of ether oxygens (including phenoxy) is 2. The molecule has 0 aliphatic carbocycles. The second kappa shape index (κ2) is 12.8. The fraction of sp³-hybridized carbons (Fsp3) is 0.308. The lowest BCUT2D eigenvalue weighted by Crippen LogP contribution is -2.42. The van der Waals surface area contributed by atoms with Crippen molar-refractivity contribution in [2.75, 3.05) is 25.6 Å². The van der Waals surface area contributed by atoms with E-state index in [9.17, 15) is 18.7 Å². The molecular weight excluding hydrogens is 456 g/mol. The number of hydrogen-bond donors (Lipinski definition) is 3. The maximum Gasteiger partial charge on any atom is 0.339 e. The van der Waals surface area contributed by atoms with Crippen molar-refractivity contribution in [1.29, 1.82) is 0 Å². The van der Waals surface area contributed by atoms with E-state index in [1.54, 1.807) is 26.2 Å². The molecule has 0 amide bonds. The van der Waals surface area contributed by atoms with E-state index in [1.165, 1.54) is 18.3 Å². The second-order valence-electron chi connectivity index (χ2n) is 7.94. The highest BCUT2D eigenvalue weighted by atomic mass is 19.1. The SMILES string of the molecule is CCOC(=O)c1ccc(NC(Cc2cc(F)cc(F)c2)C(O)CNCc2cccc(OC)c2)nc1. The van der Waals surface area contributed by atoms with Gasteiger partial charge in [-0.2, -0.15) is 0 Å². The summed E-state index contributed by atoms with van der Waals surface area (Å²) in [5.41, 5.74) is 1.65. The minimum Gasteiger partial charge on any atom is -0.497 e. The Kier molecular flexibility index (Phi) is 9.51. The third kappa shape index (κ3) is 8.01. The van der Waals surface area contributed by atoms with Crippen molar-refractivity contribution in [2.24, 2.45) is 0 Å². The number of benzene rings is 2. The summed E-state index contributed by atoms with van der Waals surface area (Å²) in [7, 11) is 1.59. The fourth-order valence-electron chi connectivity index (χ4n) is 3.56. The van der Waals surface area contributed by atoms with Crippen LogP contribution in [-0.4, -0.2) is 48.5 Å². The smallest absolute Gasteiger partial charge is 0.339 e. The summed E-state index contributed by atoms with van der Waals surface area (Å²) in [6.07, 6.45) is 0.573. The van der Waals surface area contributed by atoms with Crippen LogP contribution in [0.4, 0.5) is 14.6 Å². The summed E-state index contributed by atoms with van der Waals surface area (Å²) in [4.78, 5) is 16.1. The summed E-state index contributed by atoms with van der Waals surface area (Å²) in [5.74, 6) is -0.746. The zero-order chi connectivity index (χ0) is 25.2. The molecule has 2 unspecified atom stereocenters. The Morgan fingerprint density at radius 3 is 2.51 bits per heavy atom. The summed E-state index contributed by atoms with van der Waals surface area (Å²) >= 11 is 0. The number of halogens is 2. The van der Waals surface area contributed by atoms with E-state index in [-0.39, 0.29) is 19.6 Å². The molecule has 3 rings (SSSR count). The van der Waals surface area contributed by atoms with Gasteiger partial charge in [0, 0.05) is 25.4 Å². The topological polar surface area (TPSA) is 92.7 Å². The zero-order valence-electron chi connectivity index (χ0n) is 19.6. The van der Waals surface area contributed by atoms with Gasteiger partial charge in [0.1, 0.15) is 23.2 Å². The standard InChI is InChI=1S/C26H29F2N3O4/c1-3-35-26(33)19-7-8-25(30-15-19)31-23(12-18-9-20(27)13-21(28)10-18)24(32)16-29-14-17-5-4-6-22(11-17)34-2/h4-11,13,15,23-24,29,32H,3,12,14,16H2,1-2H3,(H,30,31). The van der Waals surface area contributed by atoms with Crippen LogP contribution in [-0.2, 0) is 17.7 Å². The Morgan fingerprint density at radius 1 is 1.09 bits per heavy atom. The number of nitrogens with one attached hydrogen (secondary N) is 2. The molecule has 1 heterocycles. The van der Waals surface area contributed by atoms with E-state index >= 15 is 0 Å². The number of carbonyl (C=O) groups is 1. The molecule has 0 bridgehead atoms. The largest absolute Gasteiger partial charge is 0.497 e. The average Bonchev–Trinajstić information content (AvgIpc) is 2.83. The Hall–Kier alpha value is -3.56. The van der Waals surface area contributed by atoms with E-state index < -0.39 is 29.7 Å². The molecule has 0 aliphatic rings. The minimum absolute atomic E-state index is 0.137. The highest BCUT2D eigenvalue weighted by Crippen LogP contribution is 2.16. The van der Waals surface area contributed by atoms with E-state index in [2.05, 4.69) is 15.6 Å². The molecular formula is C26H29F2N3O4. The summed E-state index contributed by atoms with van der Waals surface area (Å²) in [5, 5.41) is 17.2. The molecule has 186 valence electrons. The predicted molar refractivity (Wildman–Crippen MR) is 128 cm³/mol. The molecule has 7 nitrogen and oxygen atoms in total. The van der Waals surface area contributed by atoms with E-state index in [1.807, 2.05) is 24.3 Å². The molecule has 35 heavy (non-hydrogen) atoms. The number of nitrogens with zero attached hydrogens (tertiary/aromatic N) is 1. The van der Waals surface area contributed by atoms with Crippen LogP contribution in [0.2, 0.25) is 0 Å². The molecule has 3 aromatic rings. The van der Waals surface area contributed by atoms with Crippen LogP contribution in [0.25, 0.3) is 0 Å². The zero-order valence-corrected chi connectivity index (χ0v) is 19.6. The minimum atomic E-state index is -0.932. The third-order valence-corrected chi connectivity index (χ3v) is 5.27. The second-order valence-corrected chi connectivity index (χ2v) is 7.94. The number of aliphatic hydroxyl groups excluding tert-OH is 1. The van der Waals surface area contributed by atoms with Gasteiger partial charge in [0.2, 0.25) is 0 Å². The first-order valence-electron chi connectivity index (χ1n) is 11.2. The van der Waals surface area contributed by atoms with Gasteiger partial charge in [-0.25, -0.2) is 18.6 Å². The van der Waals surface area contributed by atoms with E-state index in [0.29, 0.717) is 23.5 Å². The number of aliphatic hydroxyl groups is 1. The van der Waals surface area contributed by atoms with Gasteiger partial charge in [-0.05, 0) is 60.9 Å². The van der Waals surface area contributed by atoms with Crippen molar-refractivity contribution in [3.05, 3.63) is 89.1 Å². The Bertz CT molecular complexity index is 1090. The van der Waals surface area contributed by atoms with Crippen molar-refractivity contribution in [3.8, 4) is 5.75 Å². The average molecular weight is 486 g/mol. The van der Waals surface area contributed by atoms with Gasteiger partial charge < -0.3 is 25.2 Å². The monoisotopic (exact) mass is 485 g/mol. The van der Waals surface area contributed by atoms with Gasteiger partial charge in [0.25, 0.3) is 0 Å². The van der Waals surface area contributed by atoms with Gasteiger partial charge in [0.05, 0.1) is 31.4 Å². The van der Waals surface area contributed by atoms with Crippen molar-refractivity contribution in [2.45, 2.75) is 32.0 Å². The first-order chi connectivity index (χ1) is 16.9.